The fourth-order valence-electron chi connectivity index (χ4n) is 1.86. The summed E-state index contributed by atoms with van der Waals surface area (Å²) in [6, 6.07) is 9.95. The first-order valence-corrected chi connectivity index (χ1v) is 5.85. The summed E-state index contributed by atoms with van der Waals surface area (Å²) < 4.78 is 13.6. The van der Waals surface area contributed by atoms with E-state index in [0.717, 1.165) is 22.9 Å². The third-order valence-corrected chi connectivity index (χ3v) is 2.89. The first-order chi connectivity index (χ1) is 8.99. The van der Waals surface area contributed by atoms with E-state index >= 15 is 0 Å². The molecule has 0 radical (unpaired) electrons. The second-order valence-electron chi connectivity index (χ2n) is 4.41. The number of hydrogen-bond donors (Lipinski definition) is 2. The van der Waals surface area contributed by atoms with Crippen molar-refractivity contribution in [2.45, 2.75) is 13.8 Å². The lowest BCUT2D eigenvalue weighted by atomic mass is 10.1. The third-order valence-electron chi connectivity index (χ3n) is 2.89. The zero-order valence-corrected chi connectivity index (χ0v) is 10.7. The topological polar surface area (TPSA) is 49.3 Å². The molecule has 98 valence electrons. The number of carboxylic acids is 1. The summed E-state index contributed by atoms with van der Waals surface area (Å²) in [4.78, 5) is 11.1. The minimum atomic E-state index is -1.29. The largest absolute Gasteiger partial charge is 0.478 e. The lowest BCUT2D eigenvalue weighted by molar-refractivity contribution is 0.0693. The molecule has 0 atom stereocenters. The van der Waals surface area contributed by atoms with Gasteiger partial charge in [0.15, 0.2) is 0 Å². The maximum absolute atomic E-state index is 13.6. The molecular weight excluding hydrogens is 245 g/mol. The van der Waals surface area contributed by atoms with Gasteiger partial charge in [-0.2, -0.15) is 0 Å². The lowest BCUT2D eigenvalue weighted by Crippen LogP contribution is -2.06. The molecule has 2 rings (SSSR count). The number of carboxylic acid groups (broad SMARTS) is 1. The van der Waals surface area contributed by atoms with Gasteiger partial charge in [0.05, 0.1) is 5.69 Å². The maximum atomic E-state index is 13.6. The van der Waals surface area contributed by atoms with Crippen LogP contribution in [0, 0.1) is 19.7 Å². The number of hydrogen-bond acceptors (Lipinski definition) is 2. The Balaban J connectivity index is 2.46. The highest BCUT2D eigenvalue weighted by Crippen LogP contribution is 2.26. The average molecular weight is 259 g/mol. The predicted molar refractivity (Wildman–Crippen MR) is 72.6 cm³/mol. The second-order valence-corrected chi connectivity index (χ2v) is 4.41. The Kier molecular flexibility index (Phi) is 3.51. The van der Waals surface area contributed by atoms with Crippen LogP contribution in [0.3, 0.4) is 0 Å². The van der Waals surface area contributed by atoms with Gasteiger partial charge < -0.3 is 10.4 Å². The molecule has 19 heavy (non-hydrogen) atoms. The Hall–Kier alpha value is -2.36. The van der Waals surface area contributed by atoms with Crippen LogP contribution in [0.25, 0.3) is 0 Å². The van der Waals surface area contributed by atoms with E-state index in [1.54, 1.807) is 6.07 Å². The average Bonchev–Trinajstić information content (AvgIpc) is 2.33. The van der Waals surface area contributed by atoms with Gasteiger partial charge in [0, 0.05) is 5.69 Å². The van der Waals surface area contributed by atoms with Crippen LogP contribution in [0.5, 0.6) is 0 Å². The smallest absolute Gasteiger partial charge is 0.340 e. The summed E-state index contributed by atoms with van der Waals surface area (Å²) in [5, 5.41) is 12.1. The van der Waals surface area contributed by atoms with Gasteiger partial charge in [-0.25, -0.2) is 9.18 Å². The third kappa shape index (κ3) is 2.73. The molecule has 3 nitrogen and oxygen atoms in total. The Morgan fingerprint density at radius 2 is 1.89 bits per heavy atom. The van der Waals surface area contributed by atoms with Crippen LogP contribution >= 0.6 is 0 Å². The van der Waals surface area contributed by atoms with E-state index in [-0.39, 0.29) is 11.3 Å². The number of benzene rings is 2. The molecular formula is C15H14FNO2. The molecule has 2 N–H and O–H groups in total. The zero-order chi connectivity index (χ0) is 14.0. The minimum Gasteiger partial charge on any atom is -0.478 e. The van der Waals surface area contributed by atoms with Gasteiger partial charge in [-0.1, -0.05) is 18.2 Å². The van der Waals surface area contributed by atoms with Gasteiger partial charge in [0.25, 0.3) is 0 Å². The fraction of sp³-hybridized carbons (Fsp3) is 0.133. The highest BCUT2D eigenvalue weighted by Gasteiger charge is 2.16. The van der Waals surface area contributed by atoms with Crippen LogP contribution in [0.4, 0.5) is 15.8 Å². The van der Waals surface area contributed by atoms with Crippen molar-refractivity contribution in [2.75, 3.05) is 5.32 Å². The molecule has 0 aliphatic rings. The van der Waals surface area contributed by atoms with Crippen molar-refractivity contribution < 1.29 is 14.3 Å². The van der Waals surface area contributed by atoms with Gasteiger partial charge in [-0.05, 0) is 43.2 Å². The van der Waals surface area contributed by atoms with E-state index in [9.17, 15) is 9.18 Å². The number of aromatic carboxylic acids is 1. The van der Waals surface area contributed by atoms with Crippen LogP contribution in [-0.2, 0) is 0 Å². The van der Waals surface area contributed by atoms with Crippen LogP contribution < -0.4 is 5.32 Å². The van der Waals surface area contributed by atoms with Crippen molar-refractivity contribution >= 4 is 17.3 Å². The van der Waals surface area contributed by atoms with Crippen molar-refractivity contribution in [2.24, 2.45) is 0 Å². The van der Waals surface area contributed by atoms with E-state index in [1.165, 1.54) is 6.07 Å². The van der Waals surface area contributed by atoms with Crippen molar-refractivity contribution in [1.29, 1.82) is 0 Å². The molecule has 0 fully saturated rings. The van der Waals surface area contributed by atoms with Gasteiger partial charge in [-0.3, -0.25) is 0 Å². The molecule has 4 heteroatoms. The summed E-state index contributed by atoms with van der Waals surface area (Å²) >= 11 is 0. The van der Waals surface area contributed by atoms with Gasteiger partial charge in [0.2, 0.25) is 0 Å². The summed E-state index contributed by atoms with van der Waals surface area (Å²) in [7, 11) is 0. The normalized spacial score (nSPS) is 10.3. The Morgan fingerprint density at radius 3 is 2.58 bits per heavy atom. The first-order valence-electron chi connectivity index (χ1n) is 5.85. The number of anilines is 2. The molecule has 2 aromatic rings. The van der Waals surface area contributed by atoms with Crippen molar-refractivity contribution in [3.05, 3.63) is 58.9 Å². The van der Waals surface area contributed by atoms with Crippen LogP contribution in [0.1, 0.15) is 21.5 Å². The monoisotopic (exact) mass is 259 g/mol. The molecule has 0 unspecified atom stereocenters. The van der Waals surface area contributed by atoms with Crippen molar-refractivity contribution in [3.8, 4) is 0 Å². The molecule has 0 aromatic heterocycles. The molecule has 0 heterocycles. The molecule has 0 saturated heterocycles. The van der Waals surface area contributed by atoms with Crippen molar-refractivity contribution in [1.82, 2.24) is 0 Å². The minimum absolute atomic E-state index is 0.251. The molecule has 0 aliphatic carbocycles. The molecule has 0 spiro atoms. The standard InChI is InChI=1S/C15H14FNO2/c1-9-6-7-10(2)13(8-9)17-12-5-3-4-11(16)14(12)15(18)19/h3-8,17H,1-2H3,(H,18,19). The van der Waals surface area contributed by atoms with E-state index in [4.69, 9.17) is 5.11 Å². The number of nitrogens with one attached hydrogen (secondary N) is 1. The molecule has 0 aliphatic heterocycles. The highest BCUT2D eigenvalue weighted by atomic mass is 19.1. The Bertz CT molecular complexity index is 638. The number of halogens is 1. The quantitative estimate of drug-likeness (QED) is 0.879. The van der Waals surface area contributed by atoms with E-state index in [1.807, 2.05) is 32.0 Å². The number of carbonyl (C=O) groups is 1. The molecule has 0 saturated carbocycles. The molecule has 0 amide bonds. The Labute approximate surface area is 110 Å². The summed E-state index contributed by atoms with van der Waals surface area (Å²) in [6.45, 7) is 3.84. The predicted octanol–water partition coefficient (Wildman–Crippen LogP) is 3.88. The first kappa shape index (κ1) is 13.1. The lowest BCUT2D eigenvalue weighted by Gasteiger charge is -2.13. The maximum Gasteiger partial charge on any atom is 0.340 e. The number of rotatable bonds is 3. The van der Waals surface area contributed by atoms with Crippen LogP contribution in [0.15, 0.2) is 36.4 Å². The van der Waals surface area contributed by atoms with E-state index < -0.39 is 11.8 Å². The van der Waals surface area contributed by atoms with Crippen LogP contribution in [-0.4, -0.2) is 11.1 Å². The van der Waals surface area contributed by atoms with Gasteiger partial charge in [-0.15, -0.1) is 0 Å². The fourth-order valence-corrected chi connectivity index (χ4v) is 1.86. The highest BCUT2D eigenvalue weighted by molar-refractivity contribution is 5.95. The summed E-state index contributed by atoms with van der Waals surface area (Å²) in [5.74, 6) is -2.03. The van der Waals surface area contributed by atoms with Gasteiger partial charge in [0.1, 0.15) is 11.4 Å². The van der Waals surface area contributed by atoms with Crippen LogP contribution in [0.2, 0.25) is 0 Å². The van der Waals surface area contributed by atoms with Gasteiger partial charge >= 0.3 is 5.97 Å². The van der Waals surface area contributed by atoms with Crippen molar-refractivity contribution in [3.63, 3.8) is 0 Å². The summed E-state index contributed by atoms with van der Waals surface area (Å²) in [5.41, 5.74) is 2.69. The van der Waals surface area contributed by atoms with E-state index in [2.05, 4.69) is 5.32 Å². The van der Waals surface area contributed by atoms with E-state index in [0.29, 0.717) is 0 Å². The number of aryl methyl sites for hydroxylation is 2. The zero-order valence-electron chi connectivity index (χ0n) is 10.7. The summed E-state index contributed by atoms with van der Waals surface area (Å²) in [6.07, 6.45) is 0. The SMILES string of the molecule is Cc1ccc(C)c(Nc2cccc(F)c2C(=O)O)c1. The Morgan fingerprint density at radius 1 is 1.16 bits per heavy atom. The molecule has 2 aromatic carbocycles. The molecule has 0 bridgehead atoms. The second kappa shape index (κ2) is 5.10.